The van der Waals surface area contributed by atoms with E-state index in [1.54, 1.807) is 0 Å². The van der Waals surface area contributed by atoms with E-state index >= 15 is 0 Å². The summed E-state index contributed by atoms with van der Waals surface area (Å²) in [4.78, 5) is 0. The van der Waals surface area contributed by atoms with Crippen molar-refractivity contribution in [1.29, 1.82) is 0 Å². The molecule has 1 nitrogen and oxygen atoms in total. The van der Waals surface area contributed by atoms with E-state index in [4.69, 9.17) is 4.43 Å². The van der Waals surface area contributed by atoms with Gasteiger partial charge in [-0.15, -0.1) is 0 Å². The molecule has 2 rings (SSSR count). The maximum atomic E-state index is 5.91. The van der Waals surface area contributed by atoms with Crippen molar-refractivity contribution in [3.63, 3.8) is 0 Å². The predicted molar refractivity (Wildman–Crippen MR) is 62.9 cm³/mol. The second-order valence-corrected chi connectivity index (χ2v) is 6.59. The molecule has 0 aliphatic heterocycles. The molecule has 0 N–H and O–H groups in total. The Morgan fingerprint density at radius 2 is 2.14 bits per heavy atom. The quantitative estimate of drug-likeness (QED) is 0.512. The summed E-state index contributed by atoms with van der Waals surface area (Å²) in [5.74, 6) is 1.06. The highest BCUT2D eigenvalue weighted by molar-refractivity contribution is 6.34. The van der Waals surface area contributed by atoms with Crippen LogP contribution in [0, 0.1) is 11.3 Å². The molecule has 0 saturated heterocycles. The van der Waals surface area contributed by atoms with Gasteiger partial charge in [0.25, 0.3) is 0 Å². The summed E-state index contributed by atoms with van der Waals surface area (Å²) in [5.41, 5.74) is 4.37. The van der Waals surface area contributed by atoms with Crippen molar-refractivity contribution in [1.82, 2.24) is 0 Å². The zero-order valence-electron chi connectivity index (χ0n) is 9.51. The lowest BCUT2D eigenvalue weighted by molar-refractivity contribution is 0.159. The van der Waals surface area contributed by atoms with Crippen molar-refractivity contribution >= 4 is 9.76 Å². The topological polar surface area (TPSA) is 9.23 Å². The van der Waals surface area contributed by atoms with Crippen molar-refractivity contribution in [2.45, 2.75) is 46.0 Å². The highest BCUT2D eigenvalue weighted by Gasteiger charge is 2.44. The number of hydrogen-bond donors (Lipinski definition) is 0. The van der Waals surface area contributed by atoms with Gasteiger partial charge >= 0.3 is 0 Å². The second kappa shape index (κ2) is 4.19. The fraction of sp³-hybridized carbons (Fsp3) is 0.833. The van der Waals surface area contributed by atoms with Crippen LogP contribution in [0.2, 0.25) is 0 Å². The molecule has 2 saturated carbocycles. The van der Waals surface area contributed by atoms with Crippen molar-refractivity contribution in [3.05, 3.63) is 11.3 Å². The van der Waals surface area contributed by atoms with Crippen molar-refractivity contribution in [2.24, 2.45) is 11.3 Å². The normalized spacial score (nSPS) is 35.7. The highest BCUT2D eigenvalue weighted by atomic mass is 28.2. The Bertz CT molecular complexity index is 222. The lowest BCUT2D eigenvalue weighted by Gasteiger charge is -2.26. The van der Waals surface area contributed by atoms with E-state index in [2.05, 4.69) is 19.5 Å². The molecule has 0 amide bonds. The van der Waals surface area contributed by atoms with Crippen LogP contribution in [-0.4, -0.2) is 16.4 Å². The van der Waals surface area contributed by atoms with Crippen LogP contribution in [0.5, 0.6) is 0 Å². The van der Waals surface area contributed by atoms with Crippen molar-refractivity contribution < 1.29 is 4.43 Å². The standard InChI is InChI=1S/C12H22OSi/c1-10(2)8-14-13-9-12-5-3-11(7-12)4-6-12/h8,11H,3-7,9,14H2,1-2H3. The molecular weight excluding hydrogens is 188 g/mol. The lowest BCUT2D eigenvalue weighted by Crippen LogP contribution is -2.22. The molecular formula is C12H22OSi. The fourth-order valence-electron chi connectivity index (χ4n) is 3.01. The van der Waals surface area contributed by atoms with Crippen molar-refractivity contribution in [2.75, 3.05) is 6.61 Å². The minimum Gasteiger partial charge on any atom is -0.419 e. The van der Waals surface area contributed by atoms with Crippen molar-refractivity contribution in [3.8, 4) is 0 Å². The third-order valence-corrected chi connectivity index (χ3v) is 5.33. The van der Waals surface area contributed by atoms with Gasteiger partial charge in [-0.1, -0.05) is 11.3 Å². The Morgan fingerprint density at radius 1 is 1.43 bits per heavy atom. The van der Waals surface area contributed by atoms with Crippen LogP contribution in [0.15, 0.2) is 11.3 Å². The number of fused-ring (bicyclic) bond motifs is 2. The fourth-order valence-corrected chi connectivity index (χ4v) is 4.02. The summed E-state index contributed by atoms with van der Waals surface area (Å²) in [5, 5.41) is 0. The van der Waals surface area contributed by atoms with E-state index in [9.17, 15) is 0 Å². The maximum Gasteiger partial charge on any atom is 0.185 e. The SMILES string of the molecule is CC(C)=C[SiH2]OCC12CCC(CC1)C2. The Labute approximate surface area is 89.9 Å². The molecule has 2 fully saturated rings. The molecule has 0 radical (unpaired) electrons. The van der Waals surface area contributed by atoms with E-state index in [0.29, 0.717) is 5.41 Å². The van der Waals surface area contributed by atoms with E-state index in [1.807, 2.05) is 0 Å². The van der Waals surface area contributed by atoms with Crippen LogP contribution in [-0.2, 0) is 4.43 Å². The van der Waals surface area contributed by atoms with Gasteiger partial charge in [0.1, 0.15) is 0 Å². The van der Waals surface area contributed by atoms with Crippen LogP contribution >= 0.6 is 0 Å². The zero-order chi connectivity index (χ0) is 10.0. The van der Waals surface area contributed by atoms with Gasteiger partial charge < -0.3 is 4.43 Å². The first-order valence-corrected chi connectivity index (χ1v) is 7.31. The van der Waals surface area contributed by atoms with Gasteiger partial charge in [0, 0.05) is 6.61 Å². The number of hydrogen-bond acceptors (Lipinski definition) is 1. The first-order valence-electron chi connectivity index (χ1n) is 5.91. The third-order valence-electron chi connectivity index (χ3n) is 3.91. The molecule has 80 valence electrons. The summed E-state index contributed by atoms with van der Waals surface area (Å²) >= 11 is 0. The minimum absolute atomic E-state index is 0.360. The monoisotopic (exact) mass is 210 g/mol. The Balaban J connectivity index is 1.73. The van der Waals surface area contributed by atoms with Crippen LogP contribution in [0.3, 0.4) is 0 Å². The average molecular weight is 210 g/mol. The molecule has 0 aromatic rings. The third kappa shape index (κ3) is 2.29. The van der Waals surface area contributed by atoms with Gasteiger partial charge in [0.15, 0.2) is 9.76 Å². The Morgan fingerprint density at radius 3 is 2.64 bits per heavy atom. The van der Waals surface area contributed by atoms with Gasteiger partial charge in [0.2, 0.25) is 0 Å². The number of allylic oxidation sites excluding steroid dienone is 1. The van der Waals surface area contributed by atoms with E-state index in [0.717, 1.165) is 12.5 Å². The Hall–Kier alpha value is -0.0831. The smallest absolute Gasteiger partial charge is 0.185 e. The molecule has 0 spiro atoms. The van der Waals surface area contributed by atoms with Gasteiger partial charge in [0.05, 0.1) is 0 Å². The second-order valence-electron chi connectivity index (χ2n) is 5.44. The summed E-state index contributed by atoms with van der Waals surface area (Å²) in [6.45, 7) is 5.39. The van der Waals surface area contributed by atoms with Gasteiger partial charge in [-0.05, 0) is 57.3 Å². The van der Waals surface area contributed by atoms with Gasteiger partial charge in [-0.2, -0.15) is 0 Å². The van der Waals surface area contributed by atoms with Gasteiger partial charge in [-0.25, -0.2) is 0 Å². The Kier molecular flexibility index (Phi) is 3.13. The molecule has 0 unspecified atom stereocenters. The van der Waals surface area contributed by atoms with Crippen LogP contribution in [0.25, 0.3) is 0 Å². The maximum absolute atomic E-state index is 5.91. The molecule has 0 aromatic carbocycles. The lowest BCUT2D eigenvalue weighted by atomic mass is 9.85. The summed E-state index contributed by atoms with van der Waals surface area (Å²) in [6, 6.07) is 0. The average Bonchev–Trinajstić information content (AvgIpc) is 2.72. The molecule has 0 aromatic heterocycles. The minimum atomic E-state index is -0.360. The van der Waals surface area contributed by atoms with Crippen LogP contribution in [0.1, 0.15) is 46.0 Å². The van der Waals surface area contributed by atoms with E-state index in [-0.39, 0.29) is 9.76 Å². The molecule has 2 aliphatic rings. The van der Waals surface area contributed by atoms with E-state index < -0.39 is 0 Å². The summed E-state index contributed by atoms with van der Waals surface area (Å²) in [7, 11) is -0.360. The largest absolute Gasteiger partial charge is 0.419 e. The first kappa shape index (κ1) is 10.4. The molecule has 2 heteroatoms. The van der Waals surface area contributed by atoms with E-state index in [1.165, 1.54) is 37.7 Å². The molecule has 0 atom stereocenters. The zero-order valence-corrected chi connectivity index (χ0v) is 10.9. The summed E-state index contributed by atoms with van der Waals surface area (Å²) in [6.07, 6.45) is 7.32. The van der Waals surface area contributed by atoms with Crippen LogP contribution in [0.4, 0.5) is 0 Å². The molecule has 2 aliphatic carbocycles. The van der Waals surface area contributed by atoms with Crippen LogP contribution < -0.4 is 0 Å². The summed E-state index contributed by atoms with van der Waals surface area (Å²) < 4.78 is 5.91. The molecule has 0 heterocycles. The van der Waals surface area contributed by atoms with Gasteiger partial charge in [-0.3, -0.25) is 0 Å². The number of rotatable bonds is 4. The molecule has 2 bridgehead atoms. The first-order chi connectivity index (χ1) is 6.70. The molecule has 14 heavy (non-hydrogen) atoms. The predicted octanol–water partition coefficient (Wildman–Crippen LogP) is 2.59. The highest BCUT2D eigenvalue weighted by Crippen LogP contribution is 2.53.